The minimum Gasteiger partial charge on any atom is -0.383 e. The molecule has 0 aliphatic heterocycles. The maximum atomic E-state index is 5.93. The number of fused-ring (bicyclic) bond motifs is 1. The summed E-state index contributed by atoms with van der Waals surface area (Å²) < 4.78 is 5.93. The van der Waals surface area contributed by atoms with Crippen LogP contribution in [0, 0.1) is 0 Å². The lowest BCUT2D eigenvalue weighted by Crippen LogP contribution is -2.20. The first-order valence-corrected chi connectivity index (χ1v) is 7.76. The van der Waals surface area contributed by atoms with Crippen molar-refractivity contribution in [2.24, 2.45) is 0 Å². The highest BCUT2D eigenvalue weighted by molar-refractivity contribution is 5.85. The second-order valence-corrected chi connectivity index (χ2v) is 5.62. The zero-order chi connectivity index (χ0) is 13.6. The lowest BCUT2D eigenvalue weighted by atomic mass is 9.98. The van der Waals surface area contributed by atoms with E-state index in [1.807, 2.05) is 0 Å². The van der Waals surface area contributed by atoms with Crippen LogP contribution >= 0.6 is 0 Å². The summed E-state index contributed by atoms with van der Waals surface area (Å²) >= 11 is 0. The van der Waals surface area contributed by atoms with E-state index in [9.17, 15) is 0 Å². The molecular weight excluding hydrogens is 246 g/mol. The summed E-state index contributed by atoms with van der Waals surface area (Å²) in [5.74, 6) is 0. The summed E-state index contributed by atoms with van der Waals surface area (Å²) in [6, 6.07) is 15.0. The summed E-state index contributed by atoms with van der Waals surface area (Å²) in [7, 11) is 0. The van der Waals surface area contributed by atoms with E-state index in [0.29, 0.717) is 6.10 Å². The Hall–Kier alpha value is -1.54. The first-order valence-electron chi connectivity index (χ1n) is 7.76. The predicted octanol–water partition coefficient (Wildman–Crippen LogP) is 4.60. The van der Waals surface area contributed by atoms with Gasteiger partial charge in [0.05, 0.1) is 12.7 Å². The van der Waals surface area contributed by atoms with E-state index < -0.39 is 0 Å². The van der Waals surface area contributed by atoms with Gasteiger partial charge in [-0.3, -0.25) is 0 Å². The summed E-state index contributed by atoms with van der Waals surface area (Å²) in [5, 5.41) is 6.02. The van der Waals surface area contributed by atoms with Crippen molar-refractivity contribution in [1.29, 1.82) is 0 Å². The molecule has 0 bridgehead atoms. The van der Waals surface area contributed by atoms with E-state index in [4.69, 9.17) is 4.74 Å². The summed E-state index contributed by atoms with van der Waals surface area (Å²) in [5.41, 5.74) is 1.18. The van der Waals surface area contributed by atoms with Crippen LogP contribution in [0.2, 0.25) is 0 Å². The highest BCUT2D eigenvalue weighted by atomic mass is 16.5. The van der Waals surface area contributed by atoms with Crippen molar-refractivity contribution in [2.75, 3.05) is 18.5 Å². The van der Waals surface area contributed by atoms with E-state index in [1.54, 1.807) is 0 Å². The van der Waals surface area contributed by atoms with Crippen molar-refractivity contribution >= 4 is 16.5 Å². The average Bonchev–Trinajstić information content (AvgIpc) is 2.52. The first kappa shape index (κ1) is 13.4. The van der Waals surface area contributed by atoms with E-state index in [-0.39, 0.29) is 0 Å². The molecule has 0 unspecified atom stereocenters. The lowest BCUT2D eigenvalue weighted by molar-refractivity contribution is 0.0347. The number of ether oxygens (including phenoxy) is 1. The molecule has 20 heavy (non-hydrogen) atoms. The van der Waals surface area contributed by atoms with Crippen LogP contribution in [0.5, 0.6) is 0 Å². The molecule has 2 aromatic rings. The molecule has 2 aromatic carbocycles. The number of benzene rings is 2. The Bertz CT molecular complexity index is 546. The Morgan fingerprint density at radius 1 is 0.950 bits per heavy atom. The third-order valence-corrected chi connectivity index (χ3v) is 4.09. The average molecular weight is 269 g/mol. The third-order valence-electron chi connectivity index (χ3n) is 4.09. The van der Waals surface area contributed by atoms with Crippen LogP contribution in [0.4, 0.5) is 5.69 Å². The molecule has 1 saturated carbocycles. The van der Waals surface area contributed by atoms with Crippen molar-refractivity contribution in [3.05, 3.63) is 42.5 Å². The molecule has 0 aromatic heterocycles. The second kappa shape index (κ2) is 6.76. The predicted molar refractivity (Wildman–Crippen MR) is 85.3 cm³/mol. The second-order valence-electron chi connectivity index (χ2n) is 5.62. The topological polar surface area (TPSA) is 21.3 Å². The molecule has 0 saturated heterocycles. The Morgan fingerprint density at radius 3 is 2.60 bits per heavy atom. The highest BCUT2D eigenvalue weighted by Gasteiger charge is 2.12. The van der Waals surface area contributed by atoms with Crippen LogP contribution in [-0.2, 0) is 4.74 Å². The standard InChI is InChI=1S/C18H23NO/c1-2-8-18(9-3-1)20-13-12-19-17-11-10-15-6-4-5-7-16(15)14-17/h4-7,10-11,14,18-19H,1-3,8-9,12-13H2. The van der Waals surface area contributed by atoms with Crippen molar-refractivity contribution < 1.29 is 4.74 Å². The zero-order valence-electron chi connectivity index (χ0n) is 12.0. The van der Waals surface area contributed by atoms with Gasteiger partial charge in [0.1, 0.15) is 0 Å². The van der Waals surface area contributed by atoms with Gasteiger partial charge in [-0.1, -0.05) is 49.6 Å². The van der Waals surface area contributed by atoms with Gasteiger partial charge in [-0.15, -0.1) is 0 Å². The molecular formula is C18H23NO. The van der Waals surface area contributed by atoms with Crippen molar-refractivity contribution in [3.63, 3.8) is 0 Å². The van der Waals surface area contributed by atoms with Gasteiger partial charge in [0, 0.05) is 12.2 Å². The monoisotopic (exact) mass is 269 g/mol. The number of hydrogen-bond donors (Lipinski definition) is 1. The quantitative estimate of drug-likeness (QED) is 0.801. The molecule has 0 amide bonds. The molecule has 1 aliphatic carbocycles. The van der Waals surface area contributed by atoms with Crippen molar-refractivity contribution in [3.8, 4) is 0 Å². The Morgan fingerprint density at radius 2 is 1.75 bits per heavy atom. The van der Waals surface area contributed by atoms with Crippen molar-refractivity contribution in [2.45, 2.75) is 38.2 Å². The van der Waals surface area contributed by atoms with Crippen molar-refractivity contribution in [1.82, 2.24) is 0 Å². The smallest absolute Gasteiger partial charge is 0.0642 e. The van der Waals surface area contributed by atoms with E-state index in [0.717, 1.165) is 13.2 Å². The van der Waals surface area contributed by atoms with Gasteiger partial charge >= 0.3 is 0 Å². The fourth-order valence-corrected chi connectivity index (χ4v) is 2.95. The maximum absolute atomic E-state index is 5.93. The molecule has 0 atom stereocenters. The van der Waals surface area contributed by atoms with Gasteiger partial charge in [0.2, 0.25) is 0 Å². The number of rotatable bonds is 5. The Balaban J connectivity index is 1.47. The molecule has 0 heterocycles. The Labute approximate surface area is 121 Å². The van der Waals surface area contributed by atoms with Gasteiger partial charge in [-0.2, -0.15) is 0 Å². The highest BCUT2D eigenvalue weighted by Crippen LogP contribution is 2.21. The molecule has 0 spiro atoms. The third kappa shape index (κ3) is 3.51. The fourth-order valence-electron chi connectivity index (χ4n) is 2.95. The van der Waals surface area contributed by atoms with Crippen LogP contribution in [-0.4, -0.2) is 19.3 Å². The minimum absolute atomic E-state index is 0.502. The zero-order valence-corrected chi connectivity index (χ0v) is 12.0. The molecule has 2 heteroatoms. The number of nitrogens with one attached hydrogen (secondary N) is 1. The van der Waals surface area contributed by atoms with Gasteiger partial charge < -0.3 is 10.1 Å². The number of anilines is 1. The van der Waals surface area contributed by atoms with Crippen LogP contribution in [0.25, 0.3) is 10.8 Å². The normalized spacial score (nSPS) is 16.4. The molecule has 1 fully saturated rings. The SMILES string of the molecule is c1ccc2cc(NCCOC3CCCCC3)ccc2c1. The lowest BCUT2D eigenvalue weighted by Gasteiger charge is -2.22. The summed E-state index contributed by atoms with van der Waals surface area (Å²) in [6.45, 7) is 1.69. The van der Waals surface area contributed by atoms with Crippen LogP contribution < -0.4 is 5.32 Å². The molecule has 1 aliphatic rings. The van der Waals surface area contributed by atoms with Crippen LogP contribution in [0.15, 0.2) is 42.5 Å². The van der Waals surface area contributed by atoms with E-state index in [1.165, 1.54) is 48.6 Å². The summed E-state index contributed by atoms with van der Waals surface area (Å²) in [6.07, 6.45) is 7.05. The fraction of sp³-hybridized carbons (Fsp3) is 0.444. The maximum Gasteiger partial charge on any atom is 0.0642 e. The summed E-state index contributed by atoms with van der Waals surface area (Å²) in [4.78, 5) is 0. The van der Waals surface area contributed by atoms with Crippen LogP contribution in [0.3, 0.4) is 0 Å². The van der Waals surface area contributed by atoms with Gasteiger partial charge in [-0.25, -0.2) is 0 Å². The minimum atomic E-state index is 0.502. The molecule has 1 N–H and O–H groups in total. The molecule has 3 rings (SSSR count). The van der Waals surface area contributed by atoms with Gasteiger partial charge in [-0.05, 0) is 35.7 Å². The molecule has 106 valence electrons. The largest absolute Gasteiger partial charge is 0.383 e. The van der Waals surface area contributed by atoms with Crippen LogP contribution in [0.1, 0.15) is 32.1 Å². The van der Waals surface area contributed by atoms with E-state index in [2.05, 4.69) is 47.8 Å². The van der Waals surface area contributed by atoms with Gasteiger partial charge in [0.25, 0.3) is 0 Å². The Kier molecular flexibility index (Phi) is 4.54. The van der Waals surface area contributed by atoms with Gasteiger partial charge in [0.15, 0.2) is 0 Å². The van der Waals surface area contributed by atoms with E-state index >= 15 is 0 Å². The molecule has 0 radical (unpaired) electrons. The molecule has 2 nitrogen and oxygen atoms in total. The first-order chi connectivity index (χ1) is 9.92. The number of hydrogen-bond acceptors (Lipinski definition) is 2.